The van der Waals surface area contributed by atoms with Gasteiger partial charge in [0.2, 0.25) is 0 Å². The molecule has 42 heavy (non-hydrogen) atoms. The molecule has 228 valence electrons. The standard InChI is InChI=1S/C30H35ClF3N3O5/c1-17(2)41-25-9-6-18(13-22(25)30(32,33)34)16-40-20-7-8-24-21(15-20)27(31)28-19(10-12-37(24)28)14-26(38)42-29(39)23(36)5-3-4-11-35/h6-9,13,15,17,19,23H,3-5,10-12,14,16,35-36H2,1-2H3/t19?,23-/m0/s1. The first kappa shape index (κ1) is 31.7. The van der Waals surface area contributed by atoms with Gasteiger partial charge in [0.1, 0.15) is 24.1 Å². The van der Waals surface area contributed by atoms with E-state index in [-0.39, 0.29) is 24.7 Å². The Morgan fingerprint density at radius 1 is 1.14 bits per heavy atom. The lowest BCUT2D eigenvalue weighted by atomic mass is 10.00. The lowest BCUT2D eigenvalue weighted by molar-refractivity contribution is -0.161. The molecular weight excluding hydrogens is 575 g/mol. The van der Waals surface area contributed by atoms with Gasteiger partial charge in [0.25, 0.3) is 0 Å². The number of carbonyl (C=O) groups excluding carboxylic acids is 2. The van der Waals surface area contributed by atoms with Crippen LogP contribution in [0.15, 0.2) is 36.4 Å². The zero-order valence-corrected chi connectivity index (χ0v) is 24.3. The molecule has 1 aliphatic heterocycles. The van der Waals surface area contributed by atoms with Crippen LogP contribution >= 0.6 is 11.6 Å². The van der Waals surface area contributed by atoms with Gasteiger partial charge in [-0.2, -0.15) is 13.2 Å². The number of benzene rings is 2. The molecule has 0 spiro atoms. The molecule has 4 N–H and O–H groups in total. The fourth-order valence-corrected chi connectivity index (χ4v) is 5.54. The second kappa shape index (κ2) is 13.4. The summed E-state index contributed by atoms with van der Waals surface area (Å²) in [7, 11) is 0. The molecule has 2 atom stereocenters. The number of fused-ring (bicyclic) bond motifs is 3. The molecule has 2 aromatic carbocycles. The average molecular weight is 610 g/mol. The van der Waals surface area contributed by atoms with E-state index in [4.69, 9.17) is 37.3 Å². The third-order valence-electron chi connectivity index (χ3n) is 7.12. The molecule has 1 unspecified atom stereocenters. The van der Waals surface area contributed by atoms with Crippen molar-refractivity contribution in [1.82, 2.24) is 4.57 Å². The number of esters is 2. The molecule has 8 nitrogen and oxygen atoms in total. The van der Waals surface area contributed by atoms with E-state index in [0.717, 1.165) is 23.7 Å². The zero-order valence-electron chi connectivity index (χ0n) is 23.5. The zero-order chi connectivity index (χ0) is 30.6. The van der Waals surface area contributed by atoms with Crippen molar-refractivity contribution in [3.8, 4) is 11.5 Å². The first-order valence-corrected chi connectivity index (χ1v) is 14.3. The number of hydrogen-bond donors (Lipinski definition) is 2. The minimum absolute atomic E-state index is 0.0291. The van der Waals surface area contributed by atoms with Crippen molar-refractivity contribution in [3.05, 3.63) is 58.2 Å². The van der Waals surface area contributed by atoms with Gasteiger partial charge in [0.05, 0.1) is 28.6 Å². The number of carbonyl (C=O) groups is 2. The smallest absolute Gasteiger partial charge is 0.419 e. The maximum atomic E-state index is 13.6. The van der Waals surface area contributed by atoms with Gasteiger partial charge < -0.3 is 30.2 Å². The Labute approximate surface area is 247 Å². The number of aromatic nitrogens is 1. The van der Waals surface area contributed by atoms with Gasteiger partial charge in [0.15, 0.2) is 0 Å². The topological polar surface area (TPSA) is 119 Å². The minimum atomic E-state index is -4.58. The monoisotopic (exact) mass is 609 g/mol. The number of halogens is 4. The van der Waals surface area contributed by atoms with Gasteiger partial charge in [-0.1, -0.05) is 24.1 Å². The lowest BCUT2D eigenvalue weighted by Gasteiger charge is -2.17. The van der Waals surface area contributed by atoms with Crippen LogP contribution in [0.5, 0.6) is 11.5 Å². The molecule has 2 heterocycles. The highest BCUT2D eigenvalue weighted by molar-refractivity contribution is 6.36. The van der Waals surface area contributed by atoms with Gasteiger partial charge in [-0.05, 0) is 75.5 Å². The summed E-state index contributed by atoms with van der Waals surface area (Å²) in [5.41, 5.74) is 12.4. The van der Waals surface area contributed by atoms with E-state index in [1.165, 1.54) is 12.1 Å². The summed E-state index contributed by atoms with van der Waals surface area (Å²) in [6.07, 6.45) is -2.58. The molecule has 1 aromatic heterocycles. The highest BCUT2D eigenvalue weighted by Gasteiger charge is 2.35. The van der Waals surface area contributed by atoms with Crippen LogP contribution in [0.4, 0.5) is 13.2 Å². The minimum Gasteiger partial charge on any atom is -0.490 e. The number of unbranched alkanes of at least 4 members (excludes halogenated alkanes) is 1. The van der Waals surface area contributed by atoms with Crippen LogP contribution in [0, 0.1) is 0 Å². The first-order valence-electron chi connectivity index (χ1n) is 13.9. The summed E-state index contributed by atoms with van der Waals surface area (Å²) in [5.74, 6) is -1.48. The first-order chi connectivity index (χ1) is 19.9. The van der Waals surface area contributed by atoms with Gasteiger partial charge in [-0.15, -0.1) is 0 Å². The molecule has 0 fully saturated rings. The van der Waals surface area contributed by atoms with Crippen molar-refractivity contribution in [1.29, 1.82) is 0 Å². The molecule has 1 aliphatic rings. The summed E-state index contributed by atoms with van der Waals surface area (Å²) < 4.78 is 59.0. The summed E-state index contributed by atoms with van der Waals surface area (Å²) in [5, 5.41) is 1.14. The van der Waals surface area contributed by atoms with Crippen LogP contribution in [-0.4, -0.2) is 35.2 Å². The van der Waals surface area contributed by atoms with E-state index in [1.807, 2.05) is 10.6 Å². The van der Waals surface area contributed by atoms with E-state index in [0.29, 0.717) is 54.1 Å². The second-order valence-corrected chi connectivity index (χ2v) is 11.1. The highest BCUT2D eigenvalue weighted by Crippen LogP contribution is 2.44. The van der Waals surface area contributed by atoms with Crippen LogP contribution in [0.3, 0.4) is 0 Å². The van der Waals surface area contributed by atoms with Crippen molar-refractivity contribution in [2.45, 2.75) is 83.3 Å². The summed E-state index contributed by atoms with van der Waals surface area (Å²) in [4.78, 5) is 24.7. The third kappa shape index (κ3) is 7.37. The number of rotatable bonds is 12. The Hall–Kier alpha value is -3.28. The number of hydrogen-bond acceptors (Lipinski definition) is 7. The quantitative estimate of drug-likeness (QED) is 0.145. The van der Waals surface area contributed by atoms with Gasteiger partial charge in [-0.3, -0.25) is 4.79 Å². The SMILES string of the molecule is CC(C)Oc1ccc(COc2ccc3c(c2)c(Cl)c2n3CCC2CC(=O)OC(=O)[C@@H](N)CCCCN)cc1C(F)(F)F. The van der Waals surface area contributed by atoms with Crippen molar-refractivity contribution in [2.24, 2.45) is 11.5 Å². The Balaban J connectivity index is 1.44. The Bertz CT molecular complexity index is 1440. The molecule has 0 aliphatic carbocycles. The molecule has 0 saturated carbocycles. The van der Waals surface area contributed by atoms with E-state index in [9.17, 15) is 22.8 Å². The summed E-state index contributed by atoms with van der Waals surface area (Å²) in [6.45, 7) is 4.34. The lowest BCUT2D eigenvalue weighted by Crippen LogP contribution is -2.34. The Morgan fingerprint density at radius 3 is 2.60 bits per heavy atom. The van der Waals surface area contributed by atoms with E-state index < -0.39 is 35.8 Å². The third-order valence-corrected chi connectivity index (χ3v) is 7.51. The Kier molecular flexibility index (Phi) is 10.1. The van der Waals surface area contributed by atoms with Crippen molar-refractivity contribution >= 4 is 34.4 Å². The van der Waals surface area contributed by atoms with Crippen LogP contribution < -0.4 is 20.9 Å². The van der Waals surface area contributed by atoms with E-state index in [2.05, 4.69) is 0 Å². The second-order valence-electron chi connectivity index (χ2n) is 10.7. The number of nitrogens with two attached hydrogens (primary N) is 2. The van der Waals surface area contributed by atoms with Crippen molar-refractivity contribution in [3.63, 3.8) is 0 Å². The summed E-state index contributed by atoms with van der Waals surface area (Å²) >= 11 is 6.76. The van der Waals surface area contributed by atoms with E-state index in [1.54, 1.807) is 26.0 Å². The molecule has 0 bridgehead atoms. The van der Waals surface area contributed by atoms with Crippen molar-refractivity contribution in [2.75, 3.05) is 6.54 Å². The fraction of sp³-hybridized carbons (Fsp3) is 0.467. The molecule has 4 rings (SSSR count). The fourth-order valence-electron chi connectivity index (χ4n) is 5.13. The van der Waals surface area contributed by atoms with Crippen LogP contribution in [0.25, 0.3) is 10.9 Å². The largest absolute Gasteiger partial charge is 0.490 e. The number of aryl methyl sites for hydroxylation is 1. The van der Waals surface area contributed by atoms with E-state index >= 15 is 0 Å². The molecule has 12 heteroatoms. The Morgan fingerprint density at radius 2 is 1.90 bits per heavy atom. The van der Waals surface area contributed by atoms with Gasteiger partial charge in [0, 0.05) is 23.5 Å². The van der Waals surface area contributed by atoms with Crippen LogP contribution in [0.2, 0.25) is 5.02 Å². The van der Waals surface area contributed by atoms with Crippen molar-refractivity contribution < 1.29 is 37.0 Å². The van der Waals surface area contributed by atoms with Crippen LogP contribution in [-0.2, 0) is 33.7 Å². The number of nitrogens with zero attached hydrogens (tertiary/aromatic N) is 1. The average Bonchev–Trinajstić information content (AvgIpc) is 3.45. The predicted octanol–water partition coefficient (Wildman–Crippen LogP) is 6.08. The molecule has 0 amide bonds. The highest BCUT2D eigenvalue weighted by atomic mass is 35.5. The van der Waals surface area contributed by atoms with Crippen LogP contribution in [0.1, 0.15) is 68.7 Å². The molecular formula is C30H35ClF3N3O5. The maximum absolute atomic E-state index is 13.6. The molecule has 0 saturated heterocycles. The summed E-state index contributed by atoms with van der Waals surface area (Å²) in [6, 6.07) is 8.25. The normalized spacial score (nSPS) is 15.6. The number of ether oxygens (including phenoxy) is 3. The van der Waals surface area contributed by atoms with Gasteiger partial charge in [-0.25, -0.2) is 4.79 Å². The molecule has 0 radical (unpaired) electrons. The maximum Gasteiger partial charge on any atom is 0.419 e. The van der Waals surface area contributed by atoms with Gasteiger partial charge >= 0.3 is 18.1 Å². The number of alkyl halides is 3. The molecule has 3 aromatic rings. The predicted molar refractivity (Wildman–Crippen MR) is 152 cm³/mol.